The van der Waals surface area contributed by atoms with Crippen molar-refractivity contribution in [1.29, 1.82) is 0 Å². The number of alkyl halides is 1. The van der Waals surface area contributed by atoms with Gasteiger partial charge in [-0.15, -0.1) is 0 Å². The van der Waals surface area contributed by atoms with Crippen LogP contribution in [0.3, 0.4) is 0 Å². The Morgan fingerprint density at radius 1 is 1.73 bits per heavy atom. The van der Waals surface area contributed by atoms with E-state index in [0.717, 1.165) is 18.2 Å². The Morgan fingerprint density at radius 2 is 2.36 bits per heavy atom. The third-order valence-electron chi connectivity index (χ3n) is 1.49. The van der Waals surface area contributed by atoms with E-state index in [0.29, 0.717) is 6.08 Å². The van der Waals surface area contributed by atoms with Crippen LogP contribution >= 0.6 is 0 Å². The molecule has 0 aromatic heterocycles. The van der Waals surface area contributed by atoms with Crippen LogP contribution in [0.1, 0.15) is 0 Å². The standard InChI is InChI=1S/C8H8F2O/c1-2-8(10)4-3-7(11)6(9)5-8/h2-5,7,11H,1H2. The van der Waals surface area contributed by atoms with Crippen LogP contribution in [0.2, 0.25) is 0 Å². The number of allylic oxidation sites excluding steroid dienone is 3. The van der Waals surface area contributed by atoms with Crippen molar-refractivity contribution in [2.75, 3.05) is 0 Å². The Kier molecular flexibility index (Phi) is 1.91. The normalized spacial score (nSPS) is 36.6. The van der Waals surface area contributed by atoms with Crippen molar-refractivity contribution < 1.29 is 13.9 Å². The van der Waals surface area contributed by atoms with Gasteiger partial charge in [0.25, 0.3) is 0 Å². The topological polar surface area (TPSA) is 20.2 Å². The fourth-order valence-electron chi connectivity index (χ4n) is 0.802. The zero-order valence-corrected chi connectivity index (χ0v) is 5.80. The van der Waals surface area contributed by atoms with Gasteiger partial charge in [-0.3, -0.25) is 0 Å². The summed E-state index contributed by atoms with van der Waals surface area (Å²) >= 11 is 0. The molecule has 1 aliphatic carbocycles. The highest BCUT2D eigenvalue weighted by molar-refractivity contribution is 5.32. The number of hydrogen-bond acceptors (Lipinski definition) is 1. The lowest BCUT2D eigenvalue weighted by Crippen LogP contribution is -2.20. The quantitative estimate of drug-likeness (QED) is 0.575. The van der Waals surface area contributed by atoms with E-state index in [1.165, 1.54) is 0 Å². The number of hydrogen-bond donors (Lipinski definition) is 1. The Morgan fingerprint density at radius 3 is 2.82 bits per heavy atom. The zero-order chi connectivity index (χ0) is 8.48. The van der Waals surface area contributed by atoms with Gasteiger partial charge in [-0.1, -0.05) is 6.58 Å². The molecule has 0 bridgehead atoms. The monoisotopic (exact) mass is 158 g/mol. The molecule has 1 N–H and O–H groups in total. The molecule has 0 saturated carbocycles. The smallest absolute Gasteiger partial charge is 0.168 e. The average Bonchev–Trinajstić information content (AvgIpc) is 1.98. The van der Waals surface area contributed by atoms with E-state index in [1.807, 2.05) is 0 Å². The Labute approximate surface area is 63.3 Å². The van der Waals surface area contributed by atoms with Crippen molar-refractivity contribution in [2.45, 2.75) is 11.8 Å². The molecule has 0 fully saturated rings. The van der Waals surface area contributed by atoms with Crippen LogP contribution in [0, 0.1) is 0 Å². The zero-order valence-electron chi connectivity index (χ0n) is 5.80. The van der Waals surface area contributed by atoms with Gasteiger partial charge in [0.2, 0.25) is 0 Å². The molecule has 3 heteroatoms. The minimum atomic E-state index is -1.94. The Balaban J connectivity index is 2.93. The highest BCUT2D eigenvalue weighted by Gasteiger charge is 2.26. The molecule has 0 heterocycles. The summed E-state index contributed by atoms with van der Waals surface area (Å²) in [6.45, 7) is 3.20. The lowest BCUT2D eigenvalue weighted by atomic mass is 9.98. The summed E-state index contributed by atoms with van der Waals surface area (Å²) in [5.41, 5.74) is -1.94. The molecule has 2 unspecified atom stereocenters. The van der Waals surface area contributed by atoms with Crippen LogP contribution in [0.15, 0.2) is 36.7 Å². The van der Waals surface area contributed by atoms with Gasteiger partial charge >= 0.3 is 0 Å². The lowest BCUT2D eigenvalue weighted by molar-refractivity contribution is 0.214. The third kappa shape index (κ3) is 1.54. The molecule has 60 valence electrons. The largest absolute Gasteiger partial charge is 0.382 e. The van der Waals surface area contributed by atoms with Crippen molar-refractivity contribution in [2.24, 2.45) is 0 Å². The van der Waals surface area contributed by atoms with Gasteiger partial charge in [-0.25, -0.2) is 8.78 Å². The van der Waals surface area contributed by atoms with Gasteiger partial charge in [-0.2, -0.15) is 0 Å². The Bertz CT molecular complexity index is 232. The number of aliphatic hydroxyl groups excluding tert-OH is 1. The van der Waals surface area contributed by atoms with Crippen LogP contribution in [0.25, 0.3) is 0 Å². The number of halogens is 2. The van der Waals surface area contributed by atoms with Crippen molar-refractivity contribution in [3.8, 4) is 0 Å². The molecule has 0 aliphatic heterocycles. The molecule has 1 rings (SSSR count). The third-order valence-corrected chi connectivity index (χ3v) is 1.49. The number of rotatable bonds is 1. The predicted octanol–water partition coefficient (Wildman–Crippen LogP) is 1.66. The van der Waals surface area contributed by atoms with Gasteiger partial charge < -0.3 is 5.11 Å². The maximum atomic E-state index is 13.1. The molecule has 2 atom stereocenters. The molecular formula is C8H8F2O. The molecule has 0 amide bonds. The van der Waals surface area contributed by atoms with Gasteiger partial charge in [0.05, 0.1) is 0 Å². The molecule has 0 aromatic rings. The maximum absolute atomic E-state index is 13.1. The summed E-state index contributed by atoms with van der Waals surface area (Å²) in [5.74, 6) is -0.880. The van der Waals surface area contributed by atoms with Gasteiger partial charge in [0.1, 0.15) is 11.9 Å². The lowest BCUT2D eigenvalue weighted by Gasteiger charge is -2.18. The Hall–Kier alpha value is -0.960. The van der Waals surface area contributed by atoms with Crippen LogP contribution in [0.5, 0.6) is 0 Å². The molecule has 0 radical (unpaired) electrons. The first-order valence-corrected chi connectivity index (χ1v) is 3.15. The van der Waals surface area contributed by atoms with E-state index in [9.17, 15) is 8.78 Å². The fraction of sp³-hybridized carbons (Fsp3) is 0.250. The molecular weight excluding hydrogens is 150 g/mol. The molecule has 1 aliphatic rings. The number of aliphatic hydroxyl groups is 1. The van der Waals surface area contributed by atoms with E-state index < -0.39 is 17.6 Å². The summed E-state index contributed by atoms with van der Waals surface area (Å²) in [5, 5.41) is 8.77. The summed E-state index contributed by atoms with van der Waals surface area (Å²) in [7, 11) is 0. The second-order valence-electron chi connectivity index (χ2n) is 2.36. The van der Waals surface area contributed by atoms with Crippen LogP contribution < -0.4 is 0 Å². The van der Waals surface area contributed by atoms with Crippen molar-refractivity contribution in [3.05, 3.63) is 36.7 Å². The minimum Gasteiger partial charge on any atom is -0.382 e. The summed E-state index contributed by atoms with van der Waals surface area (Å²) < 4.78 is 25.6. The molecule has 11 heavy (non-hydrogen) atoms. The van der Waals surface area contributed by atoms with Crippen LogP contribution in [-0.4, -0.2) is 16.9 Å². The summed E-state index contributed by atoms with van der Waals surface area (Å²) in [6, 6.07) is 0. The van der Waals surface area contributed by atoms with Crippen molar-refractivity contribution >= 4 is 0 Å². The van der Waals surface area contributed by atoms with E-state index in [1.54, 1.807) is 0 Å². The van der Waals surface area contributed by atoms with Crippen LogP contribution in [0.4, 0.5) is 8.78 Å². The van der Waals surface area contributed by atoms with Gasteiger partial charge in [0, 0.05) is 0 Å². The van der Waals surface area contributed by atoms with E-state index >= 15 is 0 Å². The SMILES string of the molecule is C=CC1(F)C=CC(O)C(F)=C1. The summed E-state index contributed by atoms with van der Waals surface area (Å²) in [6.07, 6.45) is 2.48. The first-order valence-electron chi connectivity index (χ1n) is 3.15. The van der Waals surface area contributed by atoms with Gasteiger partial charge in [0.15, 0.2) is 5.67 Å². The van der Waals surface area contributed by atoms with E-state index in [4.69, 9.17) is 5.11 Å². The summed E-state index contributed by atoms with van der Waals surface area (Å²) in [4.78, 5) is 0. The first-order chi connectivity index (χ1) is 5.07. The molecule has 0 saturated heterocycles. The van der Waals surface area contributed by atoms with Gasteiger partial charge in [-0.05, 0) is 24.3 Å². The van der Waals surface area contributed by atoms with Crippen molar-refractivity contribution in [1.82, 2.24) is 0 Å². The molecule has 1 nitrogen and oxygen atoms in total. The first kappa shape index (κ1) is 8.14. The second-order valence-corrected chi connectivity index (χ2v) is 2.36. The fourth-order valence-corrected chi connectivity index (χ4v) is 0.802. The van der Waals surface area contributed by atoms with Crippen molar-refractivity contribution in [3.63, 3.8) is 0 Å². The minimum absolute atomic E-state index is 0.699. The van der Waals surface area contributed by atoms with E-state index in [2.05, 4.69) is 6.58 Å². The average molecular weight is 158 g/mol. The maximum Gasteiger partial charge on any atom is 0.168 e. The van der Waals surface area contributed by atoms with E-state index in [-0.39, 0.29) is 0 Å². The predicted molar refractivity (Wildman–Crippen MR) is 38.4 cm³/mol. The van der Waals surface area contributed by atoms with Crippen LogP contribution in [-0.2, 0) is 0 Å². The molecule has 0 aromatic carbocycles. The highest BCUT2D eigenvalue weighted by Crippen LogP contribution is 2.25. The highest BCUT2D eigenvalue weighted by atomic mass is 19.1. The molecule has 0 spiro atoms. The second kappa shape index (κ2) is 2.58.